The molecule has 1 aromatic rings. The Labute approximate surface area is 82.0 Å². The third-order valence-electron chi connectivity index (χ3n) is 1.27. The molecule has 0 aliphatic carbocycles. The van der Waals surface area contributed by atoms with E-state index in [0.29, 0.717) is 0 Å². The molecule has 5 heteroatoms. The Bertz CT molecular complexity index is 324. The van der Waals surface area contributed by atoms with Gasteiger partial charge >= 0.3 is 12.0 Å². The van der Waals surface area contributed by atoms with Crippen LogP contribution >= 0.6 is 0 Å². The SMILES string of the molecule is COc1nc(C(=O)OC(C)(C)C)co1. The van der Waals surface area contributed by atoms with E-state index in [1.165, 1.54) is 13.4 Å². The summed E-state index contributed by atoms with van der Waals surface area (Å²) in [6.07, 6.45) is 1.25. The Morgan fingerprint density at radius 3 is 2.57 bits per heavy atom. The molecule has 1 heterocycles. The van der Waals surface area contributed by atoms with Crippen LogP contribution in [0.5, 0.6) is 6.08 Å². The van der Waals surface area contributed by atoms with Crippen molar-refractivity contribution in [1.29, 1.82) is 0 Å². The van der Waals surface area contributed by atoms with E-state index in [9.17, 15) is 4.79 Å². The summed E-state index contributed by atoms with van der Waals surface area (Å²) in [5, 5.41) is 0. The quantitative estimate of drug-likeness (QED) is 0.677. The number of carbonyl (C=O) groups is 1. The molecule has 0 radical (unpaired) electrons. The Balaban J connectivity index is 2.70. The first-order chi connectivity index (χ1) is 6.42. The van der Waals surface area contributed by atoms with Gasteiger partial charge in [-0.2, -0.15) is 4.98 Å². The molecule has 1 aromatic heterocycles. The van der Waals surface area contributed by atoms with E-state index < -0.39 is 11.6 Å². The molecule has 0 atom stereocenters. The first kappa shape index (κ1) is 10.6. The Morgan fingerprint density at radius 1 is 1.50 bits per heavy atom. The zero-order valence-electron chi connectivity index (χ0n) is 8.66. The molecule has 0 bridgehead atoms. The fraction of sp³-hybridized carbons (Fsp3) is 0.556. The third kappa shape index (κ3) is 2.76. The van der Waals surface area contributed by atoms with Crippen molar-refractivity contribution in [1.82, 2.24) is 4.98 Å². The number of rotatable bonds is 2. The minimum absolute atomic E-state index is 0.0471. The zero-order valence-corrected chi connectivity index (χ0v) is 8.66. The van der Waals surface area contributed by atoms with Gasteiger partial charge in [0.2, 0.25) is 0 Å². The summed E-state index contributed by atoms with van der Waals surface area (Å²) < 4.78 is 14.6. The van der Waals surface area contributed by atoms with Gasteiger partial charge in [0.05, 0.1) is 7.11 Å². The molecule has 0 aromatic carbocycles. The molecule has 0 unspecified atom stereocenters. The lowest BCUT2D eigenvalue weighted by atomic mass is 10.2. The molecule has 0 aliphatic heterocycles. The number of methoxy groups -OCH3 is 1. The van der Waals surface area contributed by atoms with Crippen LogP contribution in [0.1, 0.15) is 31.3 Å². The summed E-state index contributed by atoms with van der Waals surface area (Å²) in [5.74, 6) is -0.524. The van der Waals surface area contributed by atoms with Crippen LogP contribution in [-0.4, -0.2) is 23.7 Å². The van der Waals surface area contributed by atoms with Crippen molar-refractivity contribution in [3.05, 3.63) is 12.0 Å². The molecule has 0 saturated carbocycles. The summed E-state index contributed by atoms with van der Waals surface area (Å²) in [7, 11) is 1.41. The number of esters is 1. The van der Waals surface area contributed by atoms with Crippen molar-refractivity contribution >= 4 is 5.97 Å². The molecular weight excluding hydrogens is 186 g/mol. The maximum atomic E-state index is 11.4. The van der Waals surface area contributed by atoms with Crippen molar-refractivity contribution in [2.24, 2.45) is 0 Å². The van der Waals surface area contributed by atoms with Crippen molar-refractivity contribution in [2.75, 3.05) is 7.11 Å². The van der Waals surface area contributed by atoms with Gasteiger partial charge in [-0.15, -0.1) is 0 Å². The van der Waals surface area contributed by atoms with Crippen LogP contribution in [0, 0.1) is 0 Å². The molecule has 78 valence electrons. The zero-order chi connectivity index (χ0) is 10.8. The lowest BCUT2D eigenvalue weighted by Crippen LogP contribution is -2.24. The monoisotopic (exact) mass is 199 g/mol. The highest BCUT2D eigenvalue weighted by atomic mass is 16.6. The average molecular weight is 199 g/mol. The standard InChI is InChI=1S/C9H13NO4/c1-9(2,3)14-7(11)6-5-13-8(10-6)12-4/h5H,1-4H3. The van der Waals surface area contributed by atoms with Crippen molar-refractivity contribution in [3.63, 3.8) is 0 Å². The van der Waals surface area contributed by atoms with Crippen LogP contribution in [0.4, 0.5) is 0 Å². The normalized spacial score (nSPS) is 11.1. The van der Waals surface area contributed by atoms with Crippen LogP contribution in [0.3, 0.4) is 0 Å². The van der Waals surface area contributed by atoms with Gasteiger partial charge in [0.1, 0.15) is 11.9 Å². The highest BCUT2D eigenvalue weighted by Crippen LogP contribution is 2.14. The summed E-state index contributed by atoms with van der Waals surface area (Å²) in [6, 6.07) is 0. The highest BCUT2D eigenvalue weighted by molar-refractivity contribution is 5.87. The molecule has 14 heavy (non-hydrogen) atoms. The molecule has 0 spiro atoms. The van der Waals surface area contributed by atoms with E-state index >= 15 is 0 Å². The number of carbonyl (C=O) groups excluding carboxylic acids is 1. The minimum Gasteiger partial charge on any atom is -0.455 e. The molecule has 5 nitrogen and oxygen atoms in total. The number of oxazole rings is 1. The topological polar surface area (TPSA) is 61.6 Å². The number of hydrogen-bond donors (Lipinski definition) is 0. The minimum atomic E-state index is -0.538. The van der Waals surface area contributed by atoms with Crippen molar-refractivity contribution in [2.45, 2.75) is 26.4 Å². The van der Waals surface area contributed by atoms with Gasteiger partial charge in [-0.3, -0.25) is 0 Å². The van der Waals surface area contributed by atoms with Gasteiger partial charge in [0.15, 0.2) is 5.69 Å². The second kappa shape index (κ2) is 3.69. The third-order valence-corrected chi connectivity index (χ3v) is 1.27. The fourth-order valence-corrected chi connectivity index (χ4v) is 0.775. The van der Waals surface area contributed by atoms with Crippen molar-refractivity contribution < 1.29 is 18.7 Å². The first-order valence-electron chi connectivity index (χ1n) is 4.15. The molecule has 0 N–H and O–H groups in total. The van der Waals surface area contributed by atoms with Crippen molar-refractivity contribution in [3.8, 4) is 6.08 Å². The summed E-state index contributed by atoms with van der Waals surface area (Å²) in [5.41, 5.74) is -0.430. The van der Waals surface area contributed by atoms with Crippen LogP contribution in [0.15, 0.2) is 10.7 Å². The average Bonchev–Trinajstić information content (AvgIpc) is 2.48. The van der Waals surface area contributed by atoms with Crippen LogP contribution in [0.25, 0.3) is 0 Å². The maximum absolute atomic E-state index is 11.4. The number of nitrogens with zero attached hydrogens (tertiary/aromatic N) is 1. The second-order valence-corrected chi connectivity index (χ2v) is 3.70. The molecule has 0 amide bonds. The van der Waals surface area contributed by atoms with Crippen LogP contribution in [-0.2, 0) is 4.74 Å². The van der Waals surface area contributed by atoms with Crippen LogP contribution < -0.4 is 4.74 Å². The molecule has 1 rings (SSSR count). The van der Waals surface area contributed by atoms with Gasteiger partial charge in [-0.25, -0.2) is 4.79 Å². The van der Waals surface area contributed by atoms with E-state index in [2.05, 4.69) is 9.72 Å². The first-order valence-corrected chi connectivity index (χ1v) is 4.15. The maximum Gasteiger partial charge on any atom is 0.393 e. The Hall–Kier alpha value is -1.52. The largest absolute Gasteiger partial charge is 0.455 e. The second-order valence-electron chi connectivity index (χ2n) is 3.70. The lowest BCUT2D eigenvalue weighted by Gasteiger charge is -2.18. The smallest absolute Gasteiger partial charge is 0.393 e. The predicted octanol–water partition coefficient (Wildman–Crippen LogP) is 1.64. The Morgan fingerprint density at radius 2 is 2.14 bits per heavy atom. The number of hydrogen-bond acceptors (Lipinski definition) is 5. The Kier molecular flexibility index (Phi) is 2.78. The van der Waals surface area contributed by atoms with Gasteiger partial charge < -0.3 is 13.9 Å². The van der Waals surface area contributed by atoms with E-state index in [0.717, 1.165) is 0 Å². The summed E-state index contributed by atoms with van der Waals surface area (Å²) >= 11 is 0. The van der Waals surface area contributed by atoms with Crippen LogP contribution in [0.2, 0.25) is 0 Å². The molecule has 0 saturated heterocycles. The fourth-order valence-electron chi connectivity index (χ4n) is 0.775. The van der Waals surface area contributed by atoms with Gasteiger partial charge in [0, 0.05) is 0 Å². The molecular formula is C9H13NO4. The highest BCUT2D eigenvalue weighted by Gasteiger charge is 2.20. The number of aromatic nitrogens is 1. The van der Waals surface area contributed by atoms with E-state index in [1.807, 2.05) is 0 Å². The molecule has 0 aliphatic rings. The lowest BCUT2D eigenvalue weighted by molar-refractivity contribution is 0.00626. The summed E-state index contributed by atoms with van der Waals surface area (Å²) in [6.45, 7) is 5.34. The van der Waals surface area contributed by atoms with E-state index in [-0.39, 0.29) is 11.8 Å². The predicted molar refractivity (Wildman–Crippen MR) is 48.2 cm³/mol. The number of ether oxygens (including phenoxy) is 2. The van der Waals surface area contributed by atoms with Gasteiger partial charge in [0.25, 0.3) is 0 Å². The molecule has 0 fully saturated rings. The van der Waals surface area contributed by atoms with E-state index in [4.69, 9.17) is 9.15 Å². The van der Waals surface area contributed by atoms with Gasteiger partial charge in [-0.05, 0) is 20.8 Å². The van der Waals surface area contributed by atoms with E-state index in [1.54, 1.807) is 20.8 Å². The summed E-state index contributed by atoms with van der Waals surface area (Å²) in [4.78, 5) is 15.1. The van der Waals surface area contributed by atoms with Gasteiger partial charge in [-0.1, -0.05) is 0 Å².